The summed E-state index contributed by atoms with van der Waals surface area (Å²) in [5.41, 5.74) is 0.653. The SMILES string of the molecule is Cc1ccn(-c2ccc(NCCNC(=O)Cc3ccc(C(F)(F)F)cc3)nn2)n1. The van der Waals surface area contributed by atoms with Gasteiger partial charge in [-0.15, -0.1) is 10.2 Å². The van der Waals surface area contributed by atoms with E-state index in [9.17, 15) is 18.0 Å². The monoisotopic (exact) mass is 404 g/mol. The summed E-state index contributed by atoms with van der Waals surface area (Å²) in [6, 6.07) is 9.93. The lowest BCUT2D eigenvalue weighted by atomic mass is 10.1. The number of amides is 1. The molecular weight excluding hydrogens is 385 g/mol. The highest BCUT2D eigenvalue weighted by Gasteiger charge is 2.29. The molecule has 0 radical (unpaired) electrons. The maximum Gasteiger partial charge on any atom is 0.416 e. The van der Waals surface area contributed by atoms with Crippen molar-refractivity contribution in [3.63, 3.8) is 0 Å². The average Bonchev–Trinajstić information content (AvgIpc) is 3.12. The number of halogens is 3. The van der Waals surface area contributed by atoms with Crippen LogP contribution in [0.2, 0.25) is 0 Å². The van der Waals surface area contributed by atoms with E-state index in [1.165, 1.54) is 12.1 Å². The van der Waals surface area contributed by atoms with Crippen LogP contribution < -0.4 is 10.6 Å². The second-order valence-corrected chi connectivity index (χ2v) is 6.33. The first kappa shape index (κ1) is 20.3. The Labute approximate surface area is 165 Å². The van der Waals surface area contributed by atoms with E-state index in [1.54, 1.807) is 23.0 Å². The third-order valence-electron chi connectivity index (χ3n) is 4.01. The van der Waals surface area contributed by atoms with Gasteiger partial charge >= 0.3 is 6.18 Å². The van der Waals surface area contributed by atoms with Gasteiger partial charge in [-0.1, -0.05) is 12.1 Å². The van der Waals surface area contributed by atoms with Crippen LogP contribution in [0.15, 0.2) is 48.7 Å². The molecule has 0 saturated heterocycles. The van der Waals surface area contributed by atoms with Gasteiger partial charge in [0.25, 0.3) is 0 Å². The molecular formula is C19H19F3N6O. The zero-order valence-corrected chi connectivity index (χ0v) is 15.6. The van der Waals surface area contributed by atoms with Gasteiger partial charge in [0.1, 0.15) is 5.82 Å². The molecule has 0 aliphatic rings. The third-order valence-corrected chi connectivity index (χ3v) is 4.01. The normalized spacial score (nSPS) is 11.3. The van der Waals surface area contributed by atoms with E-state index < -0.39 is 11.7 Å². The zero-order valence-electron chi connectivity index (χ0n) is 15.6. The van der Waals surface area contributed by atoms with E-state index in [0.29, 0.717) is 30.3 Å². The first-order valence-electron chi connectivity index (χ1n) is 8.84. The number of rotatable bonds is 7. The molecule has 2 N–H and O–H groups in total. The number of hydrogen-bond acceptors (Lipinski definition) is 5. The number of benzene rings is 1. The van der Waals surface area contributed by atoms with Crippen molar-refractivity contribution in [1.29, 1.82) is 0 Å². The second-order valence-electron chi connectivity index (χ2n) is 6.33. The topological polar surface area (TPSA) is 84.7 Å². The Balaban J connectivity index is 1.40. The Kier molecular flexibility index (Phi) is 6.10. The summed E-state index contributed by atoms with van der Waals surface area (Å²) >= 11 is 0. The standard InChI is InChI=1S/C19H19F3N6O/c1-13-8-11-28(27-13)17-7-6-16(25-26-17)23-9-10-24-18(29)12-14-2-4-15(5-3-14)19(20,21)22/h2-8,11H,9-10,12H2,1H3,(H,23,25)(H,24,29). The predicted octanol–water partition coefficient (Wildman–Crippen LogP) is 2.76. The Morgan fingerprint density at radius 3 is 2.38 bits per heavy atom. The molecule has 3 rings (SSSR count). The maximum absolute atomic E-state index is 12.5. The number of hydrogen-bond donors (Lipinski definition) is 2. The second kappa shape index (κ2) is 8.72. The minimum atomic E-state index is -4.38. The average molecular weight is 404 g/mol. The summed E-state index contributed by atoms with van der Waals surface area (Å²) in [5, 5.41) is 18.1. The Bertz CT molecular complexity index is 951. The van der Waals surface area contributed by atoms with Crippen molar-refractivity contribution in [2.45, 2.75) is 19.5 Å². The summed E-state index contributed by atoms with van der Waals surface area (Å²) in [6.07, 6.45) is -2.58. The number of carbonyl (C=O) groups is 1. The summed E-state index contributed by atoms with van der Waals surface area (Å²) in [5.74, 6) is 0.866. The molecule has 0 spiro atoms. The van der Waals surface area contributed by atoms with Gasteiger partial charge in [-0.3, -0.25) is 4.79 Å². The molecule has 0 atom stereocenters. The number of nitrogens with zero attached hydrogens (tertiary/aromatic N) is 4. The maximum atomic E-state index is 12.5. The van der Waals surface area contributed by atoms with Crippen LogP contribution in [0.4, 0.5) is 19.0 Å². The fraction of sp³-hybridized carbons (Fsp3) is 0.263. The van der Waals surface area contributed by atoms with Gasteiger partial charge in [-0.05, 0) is 42.8 Å². The first-order chi connectivity index (χ1) is 13.8. The number of aromatic nitrogens is 4. The van der Waals surface area contributed by atoms with Crippen LogP contribution >= 0.6 is 0 Å². The van der Waals surface area contributed by atoms with Gasteiger partial charge < -0.3 is 10.6 Å². The molecule has 2 aromatic heterocycles. The number of anilines is 1. The molecule has 0 saturated carbocycles. The van der Waals surface area contributed by atoms with Gasteiger partial charge in [0.05, 0.1) is 17.7 Å². The Morgan fingerprint density at radius 1 is 1.03 bits per heavy atom. The lowest BCUT2D eigenvalue weighted by molar-refractivity contribution is -0.137. The number of aryl methyl sites for hydroxylation is 1. The van der Waals surface area contributed by atoms with Gasteiger partial charge in [-0.2, -0.15) is 18.3 Å². The van der Waals surface area contributed by atoms with Crippen LogP contribution in [0.5, 0.6) is 0 Å². The highest BCUT2D eigenvalue weighted by atomic mass is 19.4. The minimum absolute atomic E-state index is 0.00985. The summed E-state index contributed by atoms with van der Waals surface area (Å²) < 4.78 is 39.2. The van der Waals surface area contributed by atoms with Crippen LogP contribution in [0, 0.1) is 6.92 Å². The molecule has 0 bridgehead atoms. The number of alkyl halides is 3. The summed E-state index contributed by atoms with van der Waals surface area (Å²) in [7, 11) is 0. The van der Waals surface area contributed by atoms with E-state index in [4.69, 9.17) is 0 Å². The highest BCUT2D eigenvalue weighted by Crippen LogP contribution is 2.29. The van der Waals surface area contributed by atoms with Crippen molar-refractivity contribution in [1.82, 2.24) is 25.3 Å². The third kappa shape index (κ3) is 5.77. The highest BCUT2D eigenvalue weighted by molar-refractivity contribution is 5.78. The molecule has 0 aliphatic heterocycles. The number of carbonyl (C=O) groups excluding carboxylic acids is 1. The van der Waals surface area contributed by atoms with Crippen molar-refractivity contribution in [3.05, 3.63) is 65.5 Å². The fourth-order valence-corrected chi connectivity index (χ4v) is 2.54. The largest absolute Gasteiger partial charge is 0.416 e. The van der Waals surface area contributed by atoms with Crippen LogP contribution in [-0.4, -0.2) is 39.0 Å². The van der Waals surface area contributed by atoms with E-state index in [-0.39, 0.29) is 12.3 Å². The summed E-state index contributed by atoms with van der Waals surface area (Å²) in [4.78, 5) is 11.9. The molecule has 7 nitrogen and oxygen atoms in total. The molecule has 2 heterocycles. The van der Waals surface area contributed by atoms with E-state index in [2.05, 4.69) is 25.9 Å². The zero-order chi connectivity index (χ0) is 20.9. The molecule has 0 aliphatic carbocycles. The fourth-order valence-electron chi connectivity index (χ4n) is 2.54. The molecule has 10 heteroatoms. The van der Waals surface area contributed by atoms with Crippen LogP contribution in [0.3, 0.4) is 0 Å². The molecule has 0 unspecified atom stereocenters. The van der Waals surface area contributed by atoms with E-state index >= 15 is 0 Å². The first-order valence-corrected chi connectivity index (χ1v) is 8.84. The van der Waals surface area contributed by atoms with Crippen molar-refractivity contribution in [2.24, 2.45) is 0 Å². The van der Waals surface area contributed by atoms with Crippen LogP contribution in [0.1, 0.15) is 16.8 Å². The molecule has 0 fully saturated rings. The lowest BCUT2D eigenvalue weighted by Gasteiger charge is -2.09. The molecule has 29 heavy (non-hydrogen) atoms. The molecule has 1 aromatic carbocycles. The van der Waals surface area contributed by atoms with Crippen molar-refractivity contribution in [2.75, 3.05) is 18.4 Å². The number of nitrogens with one attached hydrogen (secondary N) is 2. The van der Waals surface area contributed by atoms with E-state index in [1.807, 2.05) is 13.0 Å². The smallest absolute Gasteiger partial charge is 0.367 e. The predicted molar refractivity (Wildman–Crippen MR) is 101 cm³/mol. The van der Waals surface area contributed by atoms with Crippen molar-refractivity contribution < 1.29 is 18.0 Å². The van der Waals surface area contributed by atoms with Gasteiger partial charge in [0, 0.05) is 19.3 Å². The van der Waals surface area contributed by atoms with Crippen molar-refractivity contribution >= 4 is 11.7 Å². The Morgan fingerprint density at radius 2 is 1.79 bits per heavy atom. The minimum Gasteiger partial charge on any atom is -0.367 e. The van der Waals surface area contributed by atoms with Gasteiger partial charge in [0.15, 0.2) is 5.82 Å². The quantitative estimate of drug-likeness (QED) is 0.592. The van der Waals surface area contributed by atoms with Crippen molar-refractivity contribution in [3.8, 4) is 5.82 Å². The molecule has 152 valence electrons. The van der Waals surface area contributed by atoms with Crippen LogP contribution in [0.25, 0.3) is 5.82 Å². The van der Waals surface area contributed by atoms with Crippen LogP contribution in [-0.2, 0) is 17.4 Å². The molecule has 1 amide bonds. The lowest BCUT2D eigenvalue weighted by Crippen LogP contribution is -2.30. The van der Waals surface area contributed by atoms with Gasteiger partial charge in [-0.25, -0.2) is 4.68 Å². The Hall–Kier alpha value is -3.43. The van der Waals surface area contributed by atoms with Gasteiger partial charge in [0.2, 0.25) is 5.91 Å². The summed E-state index contributed by atoms with van der Waals surface area (Å²) in [6.45, 7) is 2.64. The molecule has 3 aromatic rings. The van der Waals surface area contributed by atoms with E-state index in [0.717, 1.165) is 17.8 Å².